The zero-order chi connectivity index (χ0) is 23.7. The Morgan fingerprint density at radius 1 is 1.29 bits per heavy atom. The maximum atomic E-state index is 13.8. The van der Waals surface area contributed by atoms with E-state index >= 15 is 0 Å². The molecule has 1 aliphatic carbocycles. The van der Waals surface area contributed by atoms with Crippen LogP contribution in [-0.2, 0) is 32.8 Å². The molecule has 1 atom stereocenters. The van der Waals surface area contributed by atoms with E-state index in [4.69, 9.17) is 9.47 Å². The Hall–Kier alpha value is -3.15. The third-order valence-corrected chi connectivity index (χ3v) is 7.42. The molecule has 34 heavy (non-hydrogen) atoms. The molecule has 3 N–H and O–H groups in total. The van der Waals surface area contributed by atoms with Crippen molar-refractivity contribution < 1.29 is 23.9 Å². The van der Waals surface area contributed by atoms with E-state index in [1.165, 1.54) is 4.90 Å². The van der Waals surface area contributed by atoms with Gasteiger partial charge in [-0.25, -0.2) is 4.79 Å². The largest absolute Gasteiger partial charge is 0.491 e. The predicted molar refractivity (Wildman–Crippen MR) is 125 cm³/mol. The summed E-state index contributed by atoms with van der Waals surface area (Å²) in [7, 11) is 1.56. The number of fused-ring (bicyclic) bond motifs is 3. The summed E-state index contributed by atoms with van der Waals surface area (Å²) < 4.78 is 11.4. The number of hydrogen-bond donors (Lipinski definition) is 3. The summed E-state index contributed by atoms with van der Waals surface area (Å²) in [5.74, 6) is 0.514. The van der Waals surface area contributed by atoms with Gasteiger partial charge in [0.05, 0.1) is 24.7 Å². The molecule has 0 radical (unpaired) electrons. The second-order valence-electron chi connectivity index (χ2n) is 8.51. The van der Waals surface area contributed by atoms with Crippen molar-refractivity contribution in [3.8, 4) is 5.75 Å². The molecule has 10 nitrogen and oxygen atoms in total. The number of carbonyl (C=O) groups excluding carboxylic acids is 3. The summed E-state index contributed by atoms with van der Waals surface area (Å²) in [4.78, 5) is 42.9. The average molecular weight is 486 g/mol. The van der Waals surface area contributed by atoms with E-state index in [1.54, 1.807) is 29.4 Å². The van der Waals surface area contributed by atoms with Gasteiger partial charge in [0.1, 0.15) is 31.2 Å². The van der Waals surface area contributed by atoms with Crippen LogP contribution in [0, 0.1) is 0 Å². The van der Waals surface area contributed by atoms with E-state index in [0.717, 1.165) is 21.8 Å². The number of benzene rings is 1. The number of nitrogens with zero attached hydrogens (tertiary/aromatic N) is 2. The topological polar surface area (TPSA) is 112 Å². The first kappa shape index (κ1) is 22.6. The van der Waals surface area contributed by atoms with Crippen molar-refractivity contribution in [3.63, 3.8) is 0 Å². The Morgan fingerprint density at radius 2 is 2.18 bits per heavy atom. The molecule has 11 heteroatoms. The third kappa shape index (κ3) is 4.10. The van der Waals surface area contributed by atoms with Crippen LogP contribution in [0.1, 0.15) is 22.4 Å². The molecule has 2 aliphatic heterocycles. The first-order valence-corrected chi connectivity index (χ1v) is 12.1. The van der Waals surface area contributed by atoms with E-state index in [2.05, 4.69) is 16.0 Å². The highest BCUT2D eigenvalue weighted by molar-refractivity contribution is 7.10. The minimum atomic E-state index is -0.958. The standard InChI is InChI=1S/C23H27N5O5S/c1-24-22(31)26-16-2-3-17-15(10-16)4-6-23(17)21(30)28(14-32-13-25-23)12-20(29)27-7-8-33-18-5-9-34-19(18)11-27/h2-3,5,9-10,25H,4,6-8,11-14H2,1H3,(H2,24,26,31)/t23-/m0/s1. The minimum Gasteiger partial charge on any atom is -0.491 e. The summed E-state index contributed by atoms with van der Waals surface area (Å²) in [6.07, 6.45) is 1.22. The smallest absolute Gasteiger partial charge is 0.318 e. The summed E-state index contributed by atoms with van der Waals surface area (Å²) in [6, 6.07) is 7.17. The molecule has 2 aromatic rings. The number of rotatable bonds is 3. The molecule has 1 spiro atoms. The van der Waals surface area contributed by atoms with Crippen LogP contribution < -0.4 is 20.7 Å². The average Bonchev–Trinajstić information content (AvgIpc) is 3.33. The predicted octanol–water partition coefficient (Wildman–Crippen LogP) is 1.43. The van der Waals surface area contributed by atoms with Crippen LogP contribution in [0.15, 0.2) is 29.6 Å². The number of anilines is 1. The zero-order valence-electron chi connectivity index (χ0n) is 18.9. The summed E-state index contributed by atoms with van der Waals surface area (Å²) in [5, 5.41) is 10.5. The maximum Gasteiger partial charge on any atom is 0.318 e. The summed E-state index contributed by atoms with van der Waals surface area (Å²) >= 11 is 1.56. The zero-order valence-corrected chi connectivity index (χ0v) is 19.7. The Morgan fingerprint density at radius 3 is 3.03 bits per heavy atom. The van der Waals surface area contributed by atoms with Crippen molar-refractivity contribution in [2.24, 2.45) is 0 Å². The number of nitrogens with one attached hydrogen (secondary N) is 3. The van der Waals surface area contributed by atoms with Gasteiger partial charge in [-0.3, -0.25) is 14.9 Å². The summed E-state index contributed by atoms with van der Waals surface area (Å²) in [5.41, 5.74) is 1.54. The molecule has 0 unspecified atom stereocenters. The molecule has 1 aromatic heterocycles. The van der Waals surface area contributed by atoms with Gasteiger partial charge >= 0.3 is 6.03 Å². The lowest BCUT2D eigenvalue weighted by molar-refractivity contribution is -0.147. The van der Waals surface area contributed by atoms with Crippen LogP contribution in [0.4, 0.5) is 10.5 Å². The van der Waals surface area contributed by atoms with Crippen LogP contribution >= 0.6 is 11.3 Å². The van der Waals surface area contributed by atoms with Gasteiger partial charge in [0.25, 0.3) is 0 Å². The number of thiophene rings is 1. The number of aryl methyl sites for hydroxylation is 1. The summed E-state index contributed by atoms with van der Waals surface area (Å²) in [6.45, 7) is 1.54. The molecule has 5 rings (SSSR count). The molecule has 180 valence electrons. The maximum absolute atomic E-state index is 13.8. The van der Waals surface area contributed by atoms with Crippen molar-refractivity contribution in [1.82, 2.24) is 20.4 Å². The molecule has 4 amide bonds. The van der Waals surface area contributed by atoms with Crippen LogP contribution in [0.2, 0.25) is 0 Å². The number of urea groups is 1. The van der Waals surface area contributed by atoms with Gasteiger partial charge in [-0.05, 0) is 47.5 Å². The highest BCUT2D eigenvalue weighted by atomic mass is 32.1. The van der Waals surface area contributed by atoms with E-state index in [-0.39, 0.29) is 37.9 Å². The lowest BCUT2D eigenvalue weighted by Crippen LogP contribution is -2.54. The van der Waals surface area contributed by atoms with E-state index in [0.29, 0.717) is 38.2 Å². The van der Waals surface area contributed by atoms with Crippen LogP contribution in [0.5, 0.6) is 5.75 Å². The number of hydrogen-bond acceptors (Lipinski definition) is 7. The monoisotopic (exact) mass is 485 g/mol. The fraction of sp³-hybridized carbons (Fsp3) is 0.435. The fourth-order valence-corrected chi connectivity index (χ4v) is 5.60. The highest BCUT2D eigenvalue weighted by Gasteiger charge is 2.48. The number of amides is 4. The molecule has 1 aromatic carbocycles. The fourth-order valence-electron chi connectivity index (χ4n) is 4.77. The van der Waals surface area contributed by atoms with Gasteiger partial charge in [0, 0.05) is 12.7 Å². The number of ether oxygens (including phenoxy) is 2. The van der Waals surface area contributed by atoms with Crippen molar-refractivity contribution in [2.45, 2.75) is 24.9 Å². The molecule has 1 saturated heterocycles. The first-order valence-electron chi connectivity index (χ1n) is 11.2. The first-order chi connectivity index (χ1) is 16.5. The Kier molecular flexibility index (Phi) is 6.15. The quantitative estimate of drug-likeness (QED) is 0.606. The molecule has 1 fully saturated rings. The Balaban J connectivity index is 1.34. The van der Waals surface area contributed by atoms with Crippen LogP contribution in [-0.4, -0.2) is 67.9 Å². The van der Waals surface area contributed by atoms with Gasteiger partial charge in [0.2, 0.25) is 11.8 Å². The molecular formula is C23H27N5O5S. The van der Waals surface area contributed by atoms with Gasteiger partial charge in [-0.2, -0.15) is 0 Å². The lowest BCUT2D eigenvalue weighted by Gasteiger charge is -2.32. The van der Waals surface area contributed by atoms with Gasteiger partial charge in [-0.15, -0.1) is 11.3 Å². The van der Waals surface area contributed by atoms with Crippen molar-refractivity contribution >= 4 is 34.9 Å². The molecule has 3 aliphatic rings. The molecule has 0 saturated carbocycles. The van der Waals surface area contributed by atoms with Gasteiger partial charge in [-0.1, -0.05) is 6.07 Å². The van der Waals surface area contributed by atoms with Crippen LogP contribution in [0.3, 0.4) is 0 Å². The number of carbonyl (C=O) groups is 3. The second-order valence-corrected chi connectivity index (χ2v) is 9.51. The van der Waals surface area contributed by atoms with E-state index in [1.807, 2.05) is 23.6 Å². The third-order valence-electron chi connectivity index (χ3n) is 6.53. The molecule has 0 bridgehead atoms. The van der Waals surface area contributed by atoms with E-state index in [9.17, 15) is 14.4 Å². The SMILES string of the molecule is CNC(=O)Nc1ccc2c(c1)CC[C@]21NCOCN(CC(=O)N2CCOc3ccsc3C2)C1=O. The normalized spacial score (nSPS) is 21.9. The van der Waals surface area contributed by atoms with Gasteiger partial charge in [0.15, 0.2) is 0 Å². The molecule has 3 heterocycles. The Bertz CT molecular complexity index is 1120. The van der Waals surface area contributed by atoms with Crippen molar-refractivity contribution in [2.75, 3.05) is 45.5 Å². The van der Waals surface area contributed by atoms with Crippen molar-refractivity contribution in [3.05, 3.63) is 45.6 Å². The van der Waals surface area contributed by atoms with Crippen LogP contribution in [0.25, 0.3) is 0 Å². The lowest BCUT2D eigenvalue weighted by atomic mass is 9.90. The second kappa shape index (κ2) is 9.24. The highest BCUT2D eigenvalue weighted by Crippen LogP contribution is 2.40. The van der Waals surface area contributed by atoms with Gasteiger partial charge < -0.3 is 29.9 Å². The van der Waals surface area contributed by atoms with Crippen molar-refractivity contribution in [1.29, 1.82) is 0 Å². The molecular weight excluding hydrogens is 458 g/mol. The minimum absolute atomic E-state index is 0.0412. The van der Waals surface area contributed by atoms with E-state index < -0.39 is 5.54 Å². The Labute approximate surface area is 201 Å².